The van der Waals surface area contributed by atoms with Gasteiger partial charge in [-0.3, -0.25) is 9.59 Å². The molecule has 1 saturated heterocycles. The highest BCUT2D eigenvalue weighted by Gasteiger charge is 2.34. The van der Waals surface area contributed by atoms with E-state index in [1.54, 1.807) is 37.3 Å². The summed E-state index contributed by atoms with van der Waals surface area (Å²) in [5, 5.41) is 15.7. The average molecular weight is 517 g/mol. The van der Waals surface area contributed by atoms with E-state index in [0.717, 1.165) is 25.7 Å². The smallest absolute Gasteiger partial charge is 0.247 e. The molecule has 1 N–H and O–H groups in total. The number of carbonyl (C=O) groups is 2. The molecule has 1 aromatic carbocycles. The van der Waals surface area contributed by atoms with Crippen molar-refractivity contribution in [2.45, 2.75) is 84.0 Å². The van der Waals surface area contributed by atoms with Crippen LogP contribution >= 0.6 is 0 Å². The molecular formula is C26H40N6O5. The summed E-state index contributed by atoms with van der Waals surface area (Å²) in [7, 11) is 3.12. The maximum Gasteiger partial charge on any atom is 0.247 e. The number of hydrogen-bond donors (Lipinski definition) is 1. The van der Waals surface area contributed by atoms with Gasteiger partial charge in [0.2, 0.25) is 17.6 Å². The molecule has 0 bridgehead atoms. The molecule has 0 radical (unpaired) electrons. The predicted octanol–water partition coefficient (Wildman–Crippen LogP) is 2.84. The van der Waals surface area contributed by atoms with Gasteiger partial charge in [-0.2, -0.15) is 4.80 Å². The summed E-state index contributed by atoms with van der Waals surface area (Å²) in [6.45, 7) is 8.75. The second-order valence-corrected chi connectivity index (χ2v) is 10.3. The van der Waals surface area contributed by atoms with E-state index in [-0.39, 0.29) is 24.5 Å². The largest absolute Gasteiger partial charge is 0.493 e. The number of aromatic nitrogens is 4. The van der Waals surface area contributed by atoms with Gasteiger partial charge in [0, 0.05) is 24.3 Å². The van der Waals surface area contributed by atoms with Crippen molar-refractivity contribution in [2.24, 2.45) is 0 Å². The molecule has 1 aliphatic rings. The third kappa shape index (κ3) is 7.88. The summed E-state index contributed by atoms with van der Waals surface area (Å²) >= 11 is 0. The molecule has 204 valence electrons. The number of methoxy groups -OCH3 is 2. The SMILES string of the molecule is CCCC[C@@H](C(=O)NC(C)(C)C)N(C[C@@H]1CCCO1)C(=O)Cn1nnc(-c2ccc(OC)c(OC)c2)n1. The minimum absolute atomic E-state index is 0.0958. The molecule has 2 heterocycles. The molecule has 0 unspecified atom stereocenters. The Balaban J connectivity index is 1.83. The number of nitrogens with zero attached hydrogens (tertiary/aromatic N) is 5. The molecule has 1 aliphatic heterocycles. The van der Waals surface area contributed by atoms with Crippen molar-refractivity contribution in [1.82, 2.24) is 30.4 Å². The Morgan fingerprint density at radius 3 is 2.62 bits per heavy atom. The van der Waals surface area contributed by atoms with Gasteiger partial charge in [-0.15, -0.1) is 10.2 Å². The van der Waals surface area contributed by atoms with Crippen LogP contribution in [0.3, 0.4) is 0 Å². The molecule has 2 atom stereocenters. The van der Waals surface area contributed by atoms with E-state index < -0.39 is 11.6 Å². The highest BCUT2D eigenvalue weighted by Crippen LogP contribution is 2.30. The van der Waals surface area contributed by atoms with Crippen LogP contribution in [0, 0.1) is 0 Å². The van der Waals surface area contributed by atoms with E-state index in [1.165, 1.54) is 4.80 Å². The van der Waals surface area contributed by atoms with Crippen molar-refractivity contribution in [3.63, 3.8) is 0 Å². The number of rotatable bonds is 12. The number of amides is 2. The first-order valence-corrected chi connectivity index (χ1v) is 12.9. The Bertz CT molecular complexity index is 1040. The van der Waals surface area contributed by atoms with Crippen LogP contribution in [0.1, 0.15) is 59.8 Å². The van der Waals surface area contributed by atoms with Gasteiger partial charge in [0.15, 0.2) is 11.5 Å². The lowest BCUT2D eigenvalue weighted by Crippen LogP contribution is -2.56. The second kappa shape index (κ2) is 12.8. The summed E-state index contributed by atoms with van der Waals surface area (Å²) < 4.78 is 16.5. The second-order valence-electron chi connectivity index (χ2n) is 10.3. The fourth-order valence-corrected chi connectivity index (χ4v) is 4.30. The molecule has 0 spiro atoms. The summed E-state index contributed by atoms with van der Waals surface area (Å²) in [5.41, 5.74) is 0.264. The van der Waals surface area contributed by atoms with Crippen LogP contribution < -0.4 is 14.8 Å². The number of nitrogens with one attached hydrogen (secondary N) is 1. The summed E-state index contributed by atoms with van der Waals surface area (Å²) in [6, 6.07) is 4.70. The van der Waals surface area contributed by atoms with Gasteiger partial charge < -0.3 is 24.4 Å². The van der Waals surface area contributed by atoms with Crippen LogP contribution in [0.5, 0.6) is 11.5 Å². The minimum Gasteiger partial charge on any atom is -0.493 e. The molecular weight excluding hydrogens is 476 g/mol. The number of tetrazole rings is 1. The van der Waals surface area contributed by atoms with E-state index in [4.69, 9.17) is 14.2 Å². The molecule has 37 heavy (non-hydrogen) atoms. The normalized spacial score (nSPS) is 16.3. The number of benzene rings is 1. The third-order valence-electron chi connectivity index (χ3n) is 6.12. The van der Waals surface area contributed by atoms with Gasteiger partial charge >= 0.3 is 0 Å². The molecule has 0 aliphatic carbocycles. The van der Waals surface area contributed by atoms with Crippen molar-refractivity contribution >= 4 is 11.8 Å². The highest BCUT2D eigenvalue weighted by atomic mass is 16.5. The average Bonchev–Trinajstić information content (AvgIpc) is 3.54. The molecule has 1 aromatic heterocycles. The van der Waals surface area contributed by atoms with Gasteiger partial charge in [-0.25, -0.2) is 0 Å². The monoisotopic (exact) mass is 516 g/mol. The van der Waals surface area contributed by atoms with Crippen molar-refractivity contribution < 1.29 is 23.8 Å². The van der Waals surface area contributed by atoms with Crippen molar-refractivity contribution in [2.75, 3.05) is 27.4 Å². The van der Waals surface area contributed by atoms with Crippen LogP contribution in [0.4, 0.5) is 0 Å². The Morgan fingerprint density at radius 1 is 1.24 bits per heavy atom. The fourth-order valence-electron chi connectivity index (χ4n) is 4.30. The first kappa shape index (κ1) is 28.4. The topological polar surface area (TPSA) is 121 Å². The van der Waals surface area contributed by atoms with E-state index >= 15 is 0 Å². The maximum atomic E-state index is 13.6. The Morgan fingerprint density at radius 2 is 2.00 bits per heavy atom. The minimum atomic E-state index is -0.607. The number of ether oxygens (including phenoxy) is 3. The van der Waals surface area contributed by atoms with E-state index in [1.807, 2.05) is 20.8 Å². The molecule has 1 fully saturated rings. The Labute approximate surface area is 218 Å². The molecule has 11 heteroatoms. The number of unbranched alkanes of at least 4 members (excludes halogenated alkanes) is 1. The van der Waals surface area contributed by atoms with Crippen molar-refractivity contribution in [3.8, 4) is 22.9 Å². The summed E-state index contributed by atoms with van der Waals surface area (Å²) in [5.74, 6) is 1.07. The Hall–Kier alpha value is -3.21. The highest BCUT2D eigenvalue weighted by molar-refractivity contribution is 5.88. The molecule has 11 nitrogen and oxygen atoms in total. The molecule has 2 aromatic rings. The zero-order valence-electron chi connectivity index (χ0n) is 22.8. The lowest BCUT2D eigenvalue weighted by molar-refractivity contribution is -0.144. The van der Waals surface area contributed by atoms with Gasteiger partial charge in [-0.1, -0.05) is 19.8 Å². The number of hydrogen-bond acceptors (Lipinski definition) is 8. The predicted molar refractivity (Wildman–Crippen MR) is 138 cm³/mol. The van der Waals surface area contributed by atoms with E-state index in [2.05, 4.69) is 27.7 Å². The quantitative estimate of drug-likeness (QED) is 0.457. The van der Waals surface area contributed by atoms with Gasteiger partial charge in [-0.05, 0) is 63.4 Å². The van der Waals surface area contributed by atoms with Crippen LogP contribution in [-0.2, 0) is 20.9 Å². The van der Waals surface area contributed by atoms with Crippen LogP contribution in [0.15, 0.2) is 18.2 Å². The van der Waals surface area contributed by atoms with Gasteiger partial charge in [0.05, 0.1) is 20.3 Å². The maximum absolute atomic E-state index is 13.6. The molecule has 0 saturated carbocycles. The van der Waals surface area contributed by atoms with Gasteiger partial charge in [0.1, 0.15) is 12.6 Å². The lowest BCUT2D eigenvalue weighted by atomic mass is 10.0. The third-order valence-corrected chi connectivity index (χ3v) is 6.12. The number of carbonyl (C=O) groups excluding carboxylic acids is 2. The van der Waals surface area contributed by atoms with E-state index in [0.29, 0.717) is 42.5 Å². The van der Waals surface area contributed by atoms with Crippen molar-refractivity contribution in [3.05, 3.63) is 18.2 Å². The van der Waals surface area contributed by atoms with Crippen LogP contribution in [-0.4, -0.2) is 82.0 Å². The van der Waals surface area contributed by atoms with Gasteiger partial charge in [0.25, 0.3) is 0 Å². The molecule has 2 amide bonds. The first-order valence-electron chi connectivity index (χ1n) is 12.9. The standard InChI is InChI=1S/C26H40N6O5/c1-7-8-11-20(25(34)27-26(2,3)4)31(16-19-10-9-14-37-19)23(33)17-32-29-24(28-30-32)18-12-13-21(35-5)22(15-18)36-6/h12-13,15,19-20H,7-11,14,16-17H2,1-6H3,(H,27,34)/t19-,20-/m0/s1. The van der Waals surface area contributed by atoms with E-state index in [9.17, 15) is 9.59 Å². The van der Waals surface area contributed by atoms with Crippen LogP contribution in [0.2, 0.25) is 0 Å². The Kier molecular flexibility index (Phi) is 9.85. The van der Waals surface area contributed by atoms with Crippen LogP contribution in [0.25, 0.3) is 11.4 Å². The zero-order valence-corrected chi connectivity index (χ0v) is 22.8. The summed E-state index contributed by atoms with van der Waals surface area (Å²) in [6.07, 6.45) is 4.01. The van der Waals surface area contributed by atoms with Crippen molar-refractivity contribution in [1.29, 1.82) is 0 Å². The lowest BCUT2D eigenvalue weighted by Gasteiger charge is -2.34. The fraction of sp³-hybridized carbons (Fsp3) is 0.654. The summed E-state index contributed by atoms with van der Waals surface area (Å²) in [4.78, 5) is 29.9. The molecule has 3 rings (SSSR count). The first-order chi connectivity index (χ1) is 17.6. The zero-order chi connectivity index (χ0) is 27.0.